The van der Waals surface area contributed by atoms with Crippen molar-refractivity contribution in [2.75, 3.05) is 11.9 Å². The zero-order valence-electron chi connectivity index (χ0n) is 10.0. The average molecular weight is 225 g/mol. The Balaban J connectivity index is 2.71. The van der Waals surface area contributed by atoms with Crippen LogP contribution in [0.4, 0.5) is 5.95 Å². The number of anilines is 1. The quantitative estimate of drug-likeness (QED) is 0.773. The van der Waals surface area contributed by atoms with Crippen molar-refractivity contribution in [3.63, 3.8) is 0 Å². The molecule has 1 aromatic heterocycles. The van der Waals surface area contributed by atoms with Crippen LogP contribution in [0.5, 0.6) is 0 Å². The van der Waals surface area contributed by atoms with E-state index in [4.69, 9.17) is 0 Å². The van der Waals surface area contributed by atoms with Gasteiger partial charge in [0, 0.05) is 26.0 Å². The van der Waals surface area contributed by atoms with Crippen molar-refractivity contribution in [1.82, 2.24) is 9.55 Å². The van der Waals surface area contributed by atoms with Crippen molar-refractivity contribution in [3.05, 3.63) is 12.4 Å². The Bertz CT molecular complexity index is 356. The van der Waals surface area contributed by atoms with Gasteiger partial charge in [0.1, 0.15) is 0 Å². The zero-order chi connectivity index (χ0) is 12.2. The SMILES string of the molecule is CCC(CC)(CNc1nccn1C)C(=O)O. The Morgan fingerprint density at radius 2 is 2.19 bits per heavy atom. The lowest BCUT2D eigenvalue weighted by atomic mass is 9.82. The molecule has 0 fully saturated rings. The largest absolute Gasteiger partial charge is 0.481 e. The number of carboxylic acids is 1. The first kappa shape index (κ1) is 12.5. The smallest absolute Gasteiger partial charge is 0.311 e. The van der Waals surface area contributed by atoms with Gasteiger partial charge in [0.05, 0.1) is 5.41 Å². The monoisotopic (exact) mass is 225 g/mol. The van der Waals surface area contributed by atoms with E-state index in [1.165, 1.54) is 0 Å². The molecule has 0 unspecified atom stereocenters. The molecule has 0 aliphatic rings. The predicted octanol–water partition coefficient (Wildman–Crippen LogP) is 1.72. The van der Waals surface area contributed by atoms with Gasteiger partial charge in [-0.15, -0.1) is 0 Å². The lowest BCUT2D eigenvalue weighted by Gasteiger charge is -2.27. The summed E-state index contributed by atoms with van der Waals surface area (Å²) >= 11 is 0. The first-order valence-corrected chi connectivity index (χ1v) is 5.50. The molecule has 1 aromatic rings. The number of aliphatic carboxylic acids is 1. The Hall–Kier alpha value is -1.52. The van der Waals surface area contributed by atoms with E-state index in [0.29, 0.717) is 25.3 Å². The minimum absolute atomic E-state index is 0.403. The second-order valence-corrected chi connectivity index (χ2v) is 4.01. The second kappa shape index (κ2) is 5.01. The van der Waals surface area contributed by atoms with Gasteiger partial charge in [0.2, 0.25) is 5.95 Å². The molecule has 16 heavy (non-hydrogen) atoms. The topological polar surface area (TPSA) is 67.2 Å². The third kappa shape index (κ3) is 2.35. The van der Waals surface area contributed by atoms with Crippen molar-refractivity contribution in [1.29, 1.82) is 0 Å². The van der Waals surface area contributed by atoms with E-state index >= 15 is 0 Å². The normalized spacial score (nSPS) is 11.4. The Morgan fingerprint density at radius 1 is 1.56 bits per heavy atom. The van der Waals surface area contributed by atoms with Crippen LogP contribution in [-0.4, -0.2) is 27.2 Å². The molecule has 0 amide bonds. The molecular formula is C11H19N3O2. The van der Waals surface area contributed by atoms with Gasteiger partial charge in [0.15, 0.2) is 0 Å². The van der Waals surface area contributed by atoms with Gasteiger partial charge in [-0.3, -0.25) is 4.79 Å². The summed E-state index contributed by atoms with van der Waals surface area (Å²) in [5.74, 6) is -0.0493. The van der Waals surface area contributed by atoms with Gasteiger partial charge >= 0.3 is 5.97 Å². The summed E-state index contributed by atoms with van der Waals surface area (Å²) in [4.78, 5) is 15.4. The molecule has 90 valence electrons. The number of rotatable bonds is 6. The Morgan fingerprint density at radius 3 is 2.56 bits per heavy atom. The first-order chi connectivity index (χ1) is 7.55. The van der Waals surface area contributed by atoms with Gasteiger partial charge in [0.25, 0.3) is 0 Å². The van der Waals surface area contributed by atoms with Gasteiger partial charge < -0.3 is 15.0 Å². The molecule has 0 radical (unpaired) electrons. The van der Waals surface area contributed by atoms with Crippen molar-refractivity contribution < 1.29 is 9.90 Å². The summed E-state index contributed by atoms with van der Waals surface area (Å²) in [5, 5.41) is 12.3. The highest BCUT2D eigenvalue weighted by Gasteiger charge is 2.34. The minimum Gasteiger partial charge on any atom is -0.481 e. The van der Waals surface area contributed by atoms with Crippen LogP contribution in [0.3, 0.4) is 0 Å². The number of aromatic nitrogens is 2. The number of nitrogens with zero attached hydrogens (tertiary/aromatic N) is 2. The molecule has 5 heteroatoms. The van der Waals surface area contributed by atoms with Gasteiger partial charge in [-0.2, -0.15) is 0 Å². The number of nitrogens with one attached hydrogen (secondary N) is 1. The molecule has 0 atom stereocenters. The van der Waals surface area contributed by atoms with Gasteiger partial charge in [-0.05, 0) is 12.8 Å². The summed E-state index contributed by atoms with van der Waals surface area (Å²) in [6.45, 7) is 4.20. The van der Waals surface area contributed by atoms with Crippen LogP contribution in [-0.2, 0) is 11.8 Å². The molecule has 1 heterocycles. The van der Waals surface area contributed by atoms with Crippen molar-refractivity contribution in [3.8, 4) is 0 Å². The van der Waals surface area contributed by atoms with Crippen molar-refractivity contribution >= 4 is 11.9 Å². The van der Waals surface area contributed by atoms with Gasteiger partial charge in [-0.1, -0.05) is 13.8 Å². The first-order valence-electron chi connectivity index (χ1n) is 5.50. The van der Waals surface area contributed by atoms with E-state index in [1.807, 2.05) is 31.7 Å². The lowest BCUT2D eigenvalue weighted by Crippen LogP contribution is -2.37. The van der Waals surface area contributed by atoms with Crippen LogP contribution >= 0.6 is 0 Å². The highest BCUT2D eigenvalue weighted by Crippen LogP contribution is 2.26. The summed E-state index contributed by atoms with van der Waals surface area (Å²) in [7, 11) is 1.87. The van der Waals surface area contributed by atoms with Crippen LogP contribution in [0.1, 0.15) is 26.7 Å². The third-order valence-electron chi connectivity index (χ3n) is 3.21. The number of hydrogen-bond acceptors (Lipinski definition) is 3. The fourth-order valence-corrected chi connectivity index (χ4v) is 1.66. The maximum atomic E-state index is 11.3. The fraction of sp³-hybridized carbons (Fsp3) is 0.636. The summed E-state index contributed by atoms with van der Waals surface area (Å²) < 4.78 is 1.83. The van der Waals surface area contributed by atoms with Crippen LogP contribution in [0.25, 0.3) is 0 Å². The highest BCUT2D eigenvalue weighted by atomic mass is 16.4. The minimum atomic E-state index is -0.751. The van der Waals surface area contributed by atoms with Crippen molar-refractivity contribution in [2.45, 2.75) is 26.7 Å². The van der Waals surface area contributed by atoms with E-state index in [2.05, 4.69) is 10.3 Å². The molecule has 0 aliphatic carbocycles. The highest BCUT2D eigenvalue weighted by molar-refractivity contribution is 5.75. The Labute approximate surface area is 95.5 Å². The fourth-order valence-electron chi connectivity index (χ4n) is 1.66. The van der Waals surface area contributed by atoms with E-state index in [1.54, 1.807) is 6.20 Å². The van der Waals surface area contributed by atoms with Crippen molar-refractivity contribution in [2.24, 2.45) is 12.5 Å². The maximum Gasteiger partial charge on any atom is 0.311 e. The molecule has 0 saturated heterocycles. The number of aryl methyl sites for hydroxylation is 1. The number of imidazole rings is 1. The average Bonchev–Trinajstić information content (AvgIpc) is 2.66. The van der Waals surface area contributed by atoms with E-state index < -0.39 is 11.4 Å². The molecule has 5 nitrogen and oxygen atoms in total. The number of carboxylic acid groups (broad SMARTS) is 1. The van der Waals surface area contributed by atoms with E-state index in [0.717, 1.165) is 0 Å². The number of hydrogen-bond donors (Lipinski definition) is 2. The molecule has 0 spiro atoms. The summed E-state index contributed by atoms with van der Waals surface area (Å²) in [5.41, 5.74) is -0.702. The van der Waals surface area contributed by atoms with E-state index in [-0.39, 0.29) is 0 Å². The van der Waals surface area contributed by atoms with E-state index in [9.17, 15) is 9.90 Å². The summed E-state index contributed by atoms with van der Waals surface area (Å²) in [6.07, 6.45) is 4.72. The molecule has 0 aromatic carbocycles. The molecule has 0 aliphatic heterocycles. The lowest BCUT2D eigenvalue weighted by molar-refractivity contribution is -0.148. The number of carbonyl (C=O) groups is 1. The molecule has 2 N–H and O–H groups in total. The predicted molar refractivity (Wildman–Crippen MR) is 62.3 cm³/mol. The van der Waals surface area contributed by atoms with Crippen LogP contribution in [0, 0.1) is 5.41 Å². The van der Waals surface area contributed by atoms with Crippen LogP contribution in [0.15, 0.2) is 12.4 Å². The maximum absolute atomic E-state index is 11.3. The zero-order valence-corrected chi connectivity index (χ0v) is 10.0. The second-order valence-electron chi connectivity index (χ2n) is 4.01. The molecule has 0 saturated carbocycles. The molecule has 0 bridgehead atoms. The van der Waals surface area contributed by atoms with Crippen LogP contribution in [0.2, 0.25) is 0 Å². The van der Waals surface area contributed by atoms with Crippen LogP contribution < -0.4 is 5.32 Å². The standard InChI is InChI=1S/C11H19N3O2/c1-4-11(5-2,9(15)16)8-13-10-12-6-7-14(10)3/h6-7H,4-5,8H2,1-3H3,(H,12,13)(H,15,16). The third-order valence-corrected chi connectivity index (χ3v) is 3.21. The van der Waals surface area contributed by atoms with Gasteiger partial charge in [-0.25, -0.2) is 4.98 Å². The Kier molecular flexibility index (Phi) is 3.93. The molecular weight excluding hydrogens is 206 g/mol. The summed E-state index contributed by atoms with van der Waals surface area (Å²) in [6, 6.07) is 0. The molecule has 1 rings (SSSR count).